The number of rotatable bonds is 3. The Morgan fingerprint density at radius 1 is 1.53 bits per heavy atom. The molecular weight excluding hydrogens is 244 g/mol. The third-order valence-electron chi connectivity index (χ3n) is 2.59. The fourth-order valence-corrected chi connectivity index (χ4v) is 1.92. The van der Waals surface area contributed by atoms with Crippen molar-refractivity contribution in [2.24, 2.45) is 0 Å². The summed E-state index contributed by atoms with van der Waals surface area (Å²) < 4.78 is 10.9. The van der Waals surface area contributed by atoms with Crippen LogP contribution < -0.4 is 4.74 Å². The van der Waals surface area contributed by atoms with Crippen molar-refractivity contribution in [3.63, 3.8) is 0 Å². The molecule has 1 heterocycles. The molecule has 92 valence electrons. The summed E-state index contributed by atoms with van der Waals surface area (Å²) in [6.07, 6.45) is 1.69. The zero-order valence-electron chi connectivity index (χ0n) is 9.19. The number of carboxylic acids is 1. The highest BCUT2D eigenvalue weighted by atomic mass is 35.5. The molecule has 1 atom stereocenters. The monoisotopic (exact) mass is 256 g/mol. The minimum atomic E-state index is -1.02. The maximum Gasteiger partial charge on any atom is 0.339 e. The van der Waals surface area contributed by atoms with E-state index in [0.717, 1.165) is 19.4 Å². The molecule has 0 bridgehead atoms. The molecule has 0 amide bonds. The van der Waals surface area contributed by atoms with Crippen LogP contribution in [0.1, 0.15) is 23.2 Å². The number of hydrogen-bond donors (Lipinski definition) is 1. The highest BCUT2D eigenvalue weighted by Gasteiger charge is 2.19. The molecule has 17 heavy (non-hydrogen) atoms. The standard InChI is InChI=1S/C12H13ClO4/c13-8-3-4-10(12(14)15)11(6-8)17-9-2-1-5-16-7-9/h3-4,6,9H,1-2,5,7H2,(H,14,15). The van der Waals surface area contributed by atoms with Crippen molar-refractivity contribution in [3.8, 4) is 5.75 Å². The third-order valence-corrected chi connectivity index (χ3v) is 2.82. The van der Waals surface area contributed by atoms with Crippen LogP contribution in [-0.2, 0) is 4.74 Å². The van der Waals surface area contributed by atoms with Gasteiger partial charge in [0.05, 0.1) is 6.61 Å². The molecule has 0 aliphatic carbocycles. The number of halogens is 1. The van der Waals surface area contributed by atoms with Crippen LogP contribution in [0.3, 0.4) is 0 Å². The molecule has 5 heteroatoms. The molecular formula is C12H13ClO4. The highest BCUT2D eigenvalue weighted by Crippen LogP contribution is 2.26. The van der Waals surface area contributed by atoms with E-state index in [1.54, 1.807) is 0 Å². The normalized spacial score (nSPS) is 19.9. The maximum absolute atomic E-state index is 11.0. The first-order valence-corrected chi connectivity index (χ1v) is 5.82. The van der Waals surface area contributed by atoms with Gasteiger partial charge in [0.2, 0.25) is 0 Å². The van der Waals surface area contributed by atoms with E-state index in [1.165, 1.54) is 18.2 Å². The third kappa shape index (κ3) is 3.11. The van der Waals surface area contributed by atoms with Gasteiger partial charge in [-0.3, -0.25) is 0 Å². The second kappa shape index (κ2) is 5.38. The summed E-state index contributed by atoms with van der Waals surface area (Å²) in [5.74, 6) is -0.714. The number of hydrogen-bond acceptors (Lipinski definition) is 3. The lowest BCUT2D eigenvalue weighted by atomic mass is 10.1. The van der Waals surface area contributed by atoms with Gasteiger partial charge in [0.1, 0.15) is 17.4 Å². The minimum Gasteiger partial charge on any atom is -0.487 e. The lowest BCUT2D eigenvalue weighted by Crippen LogP contribution is -2.28. The fraction of sp³-hybridized carbons (Fsp3) is 0.417. The van der Waals surface area contributed by atoms with E-state index in [2.05, 4.69) is 0 Å². The predicted molar refractivity (Wildman–Crippen MR) is 62.9 cm³/mol. The van der Waals surface area contributed by atoms with Gasteiger partial charge < -0.3 is 14.6 Å². The minimum absolute atomic E-state index is 0.0969. The second-order valence-corrected chi connectivity index (χ2v) is 4.34. The Bertz CT molecular complexity index is 413. The van der Waals surface area contributed by atoms with Crippen molar-refractivity contribution in [2.75, 3.05) is 13.2 Å². The summed E-state index contributed by atoms with van der Waals surface area (Å²) in [6.45, 7) is 1.23. The van der Waals surface area contributed by atoms with Crippen molar-refractivity contribution in [2.45, 2.75) is 18.9 Å². The van der Waals surface area contributed by atoms with Gasteiger partial charge in [0.25, 0.3) is 0 Å². The molecule has 0 saturated carbocycles. The second-order valence-electron chi connectivity index (χ2n) is 3.90. The van der Waals surface area contributed by atoms with E-state index in [4.69, 9.17) is 26.2 Å². The Morgan fingerprint density at radius 3 is 3.00 bits per heavy atom. The van der Waals surface area contributed by atoms with Crippen LogP contribution in [0.15, 0.2) is 18.2 Å². The van der Waals surface area contributed by atoms with Crippen LogP contribution in [0.2, 0.25) is 5.02 Å². The van der Waals surface area contributed by atoms with Crippen molar-refractivity contribution in [1.82, 2.24) is 0 Å². The molecule has 0 radical (unpaired) electrons. The smallest absolute Gasteiger partial charge is 0.339 e. The lowest BCUT2D eigenvalue weighted by Gasteiger charge is -2.24. The zero-order chi connectivity index (χ0) is 12.3. The molecule has 1 aromatic rings. The largest absolute Gasteiger partial charge is 0.487 e. The van der Waals surface area contributed by atoms with Gasteiger partial charge in [-0.25, -0.2) is 4.79 Å². The van der Waals surface area contributed by atoms with Gasteiger partial charge in [-0.05, 0) is 31.0 Å². The quantitative estimate of drug-likeness (QED) is 0.903. The van der Waals surface area contributed by atoms with E-state index >= 15 is 0 Å². The predicted octanol–water partition coefficient (Wildman–Crippen LogP) is 2.60. The average Bonchev–Trinajstić information content (AvgIpc) is 2.30. The molecule has 2 rings (SSSR count). The van der Waals surface area contributed by atoms with E-state index in [0.29, 0.717) is 17.4 Å². The van der Waals surface area contributed by atoms with Gasteiger partial charge in [-0.1, -0.05) is 11.6 Å². The van der Waals surface area contributed by atoms with Gasteiger partial charge in [-0.2, -0.15) is 0 Å². The summed E-state index contributed by atoms with van der Waals surface area (Å²) in [7, 11) is 0. The topological polar surface area (TPSA) is 55.8 Å². The van der Waals surface area contributed by atoms with E-state index in [-0.39, 0.29) is 11.7 Å². The number of carbonyl (C=O) groups is 1. The van der Waals surface area contributed by atoms with E-state index in [1.807, 2.05) is 0 Å². The number of carboxylic acid groups (broad SMARTS) is 1. The molecule has 1 fully saturated rings. The molecule has 1 unspecified atom stereocenters. The summed E-state index contributed by atoms with van der Waals surface area (Å²) >= 11 is 5.84. The summed E-state index contributed by atoms with van der Waals surface area (Å²) in [4.78, 5) is 11.0. The maximum atomic E-state index is 11.0. The molecule has 1 aliphatic heterocycles. The van der Waals surface area contributed by atoms with Crippen LogP contribution in [0, 0.1) is 0 Å². The Hall–Kier alpha value is -1.26. The van der Waals surface area contributed by atoms with Crippen molar-refractivity contribution < 1.29 is 19.4 Å². The van der Waals surface area contributed by atoms with Gasteiger partial charge >= 0.3 is 5.97 Å². The van der Waals surface area contributed by atoms with Crippen LogP contribution in [0.4, 0.5) is 0 Å². The molecule has 1 saturated heterocycles. The van der Waals surface area contributed by atoms with Crippen molar-refractivity contribution in [3.05, 3.63) is 28.8 Å². The Labute approximate surface area is 104 Å². The van der Waals surface area contributed by atoms with Crippen molar-refractivity contribution in [1.29, 1.82) is 0 Å². The van der Waals surface area contributed by atoms with Crippen molar-refractivity contribution >= 4 is 17.6 Å². The van der Waals surface area contributed by atoms with Crippen LogP contribution in [0.25, 0.3) is 0 Å². The first kappa shape index (κ1) is 12.2. The molecule has 1 N–H and O–H groups in total. The highest BCUT2D eigenvalue weighted by molar-refractivity contribution is 6.30. The Kier molecular flexibility index (Phi) is 3.86. The van der Waals surface area contributed by atoms with E-state index < -0.39 is 5.97 Å². The van der Waals surface area contributed by atoms with Gasteiger partial charge in [0.15, 0.2) is 0 Å². The summed E-state index contributed by atoms with van der Waals surface area (Å²) in [6, 6.07) is 4.51. The molecule has 1 aromatic carbocycles. The molecule has 0 spiro atoms. The SMILES string of the molecule is O=C(O)c1ccc(Cl)cc1OC1CCCOC1. The Morgan fingerprint density at radius 2 is 2.35 bits per heavy atom. The lowest BCUT2D eigenvalue weighted by molar-refractivity contribution is 0.00679. The van der Waals surface area contributed by atoms with Gasteiger partial charge in [-0.15, -0.1) is 0 Å². The van der Waals surface area contributed by atoms with Crippen LogP contribution >= 0.6 is 11.6 Å². The first-order valence-electron chi connectivity index (χ1n) is 5.44. The van der Waals surface area contributed by atoms with Crippen LogP contribution in [0.5, 0.6) is 5.75 Å². The summed E-state index contributed by atoms with van der Waals surface area (Å²) in [5, 5.41) is 9.49. The zero-order valence-corrected chi connectivity index (χ0v) is 9.94. The number of benzene rings is 1. The summed E-state index contributed by atoms with van der Waals surface area (Å²) in [5.41, 5.74) is 0.125. The average molecular weight is 257 g/mol. The molecule has 1 aliphatic rings. The number of ether oxygens (including phenoxy) is 2. The Balaban J connectivity index is 2.17. The van der Waals surface area contributed by atoms with Crippen LogP contribution in [-0.4, -0.2) is 30.4 Å². The first-order chi connectivity index (χ1) is 8.16. The molecule has 0 aromatic heterocycles. The van der Waals surface area contributed by atoms with E-state index in [9.17, 15) is 4.79 Å². The molecule has 4 nitrogen and oxygen atoms in total. The number of aromatic carboxylic acids is 1. The van der Waals surface area contributed by atoms with Gasteiger partial charge in [0, 0.05) is 11.6 Å². The fourth-order valence-electron chi connectivity index (χ4n) is 1.75.